The molecule has 1 saturated heterocycles. The van der Waals surface area contributed by atoms with Crippen molar-refractivity contribution in [3.63, 3.8) is 0 Å². The summed E-state index contributed by atoms with van der Waals surface area (Å²) in [5, 5.41) is 0.477. The highest BCUT2D eigenvalue weighted by atomic mass is 35.5. The van der Waals surface area contributed by atoms with Crippen molar-refractivity contribution in [2.75, 3.05) is 4.90 Å². The summed E-state index contributed by atoms with van der Waals surface area (Å²) in [6, 6.07) is 27.1. The van der Waals surface area contributed by atoms with Crippen molar-refractivity contribution in [1.29, 1.82) is 0 Å². The van der Waals surface area contributed by atoms with Crippen molar-refractivity contribution in [1.82, 2.24) is 0 Å². The highest BCUT2D eigenvalue weighted by Gasteiger charge is 2.73. The predicted molar refractivity (Wildman–Crippen MR) is 163 cm³/mol. The zero-order valence-electron chi connectivity index (χ0n) is 22.6. The minimum atomic E-state index is -1.32. The van der Waals surface area contributed by atoms with E-state index in [4.69, 9.17) is 39.5 Å². The maximum atomic E-state index is 14.2. The van der Waals surface area contributed by atoms with E-state index >= 15 is 0 Å². The van der Waals surface area contributed by atoms with Gasteiger partial charge in [-0.1, -0.05) is 66.2 Å². The van der Waals surface area contributed by atoms with Crippen LogP contribution in [0.25, 0.3) is 0 Å². The summed E-state index contributed by atoms with van der Waals surface area (Å²) in [5.41, 5.74) is 3.40. The summed E-state index contributed by atoms with van der Waals surface area (Å²) < 4.78 is 5.46. The SMILES string of the molecule is C[C@@H](OC(=O)c1cccc(N2C(=O)[C@@H]3[C@H](C2=O)C2(Cl)c4ccccc4C3(Cl)c3ccccc32)c1)C(=O)c1ccc(Cl)cc1. The zero-order valence-corrected chi connectivity index (χ0v) is 24.9. The van der Waals surface area contributed by atoms with Gasteiger partial charge >= 0.3 is 5.97 Å². The summed E-state index contributed by atoms with van der Waals surface area (Å²) in [4.78, 5) is 52.8. The van der Waals surface area contributed by atoms with Crippen molar-refractivity contribution in [2.45, 2.75) is 22.8 Å². The van der Waals surface area contributed by atoms with Crippen molar-refractivity contribution < 1.29 is 23.9 Å². The Morgan fingerprint density at radius 1 is 0.721 bits per heavy atom. The lowest BCUT2D eigenvalue weighted by molar-refractivity contribution is -0.122. The van der Waals surface area contributed by atoms with Gasteiger partial charge in [0.25, 0.3) is 0 Å². The first-order valence-corrected chi connectivity index (χ1v) is 14.8. The molecule has 1 heterocycles. The first-order chi connectivity index (χ1) is 20.6. The molecular weight excluding hydrogens is 609 g/mol. The number of halogens is 3. The van der Waals surface area contributed by atoms with Crippen LogP contribution in [0.15, 0.2) is 97.1 Å². The van der Waals surface area contributed by atoms with Gasteiger partial charge < -0.3 is 4.74 Å². The Labute approximate surface area is 262 Å². The molecule has 0 aromatic heterocycles. The minimum absolute atomic E-state index is 0.0689. The minimum Gasteiger partial charge on any atom is -0.451 e. The Morgan fingerprint density at radius 3 is 1.70 bits per heavy atom. The summed E-state index contributed by atoms with van der Waals surface area (Å²) in [6.45, 7) is 1.47. The molecule has 4 aromatic carbocycles. The fourth-order valence-electron chi connectivity index (χ4n) is 6.82. The van der Waals surface area contributed by atoms with E-state index in [0.717, 1.165) is 4.90 Å². The molecule has 4 aliphatic rings. The zero-order chi connectivity index (χ0) is 30.3. The topological polar surface area (TPSA) is 80.8 Å². The number of alkyl halides is 2. The van der Waals surface area contributed by atoms with Gasteiger partial charge in [0.15, 0.2) is 6.10 Å². The average Bonchev–Trinajstić information content (AvgIpc) is 3.30. The number of anilines is 1. The number of hydrogen-bond donors (Lipinski definition) is 0. The number of esters is 1. The third kappa shape index (κ3) is 3.80. The molecule has 6 nitrogen and oxygen atoms in total. The molecule has 2 amide bonds. The maximum Gasteiger partial charge on any atom is 0.338 e. The molecule has 8 rings (SSSR count). The summed E-state index contributed by atoms with van der Waals surface area (Å²) >= 11 is 20.9. The van der Waals surface area contributed by atoms with Crippen LogP contribution in [0.4, 0.5) is 5.69 Å². The fourth-order valence-corrected chi connectivity index (χ4v) is 8.05. The van der Waals surface area contributed by atoms with E-state index in [1.165, 1.54) is 19.1 Å². The second-order valence-electron chi connectivity index (χ2n) is 11.0. The highest BCUT2D eigenvalue weighted by molar-refractivity contribution is 6.38. The van der Waals surface area contributed by atoms with Gasteiger partial charge in [-0.15, -0.1) is 23.2 Å². The van der Waals surface area contributed by atoms with E-state index in [2.05, 4.69) is 0 Å². The first-order valence-electron chi connectivity index (χ1n) is 13.6. The van der Waals surface area contributed by atoms with Gasteiger partial charge in [0.1, 0.15) is 9.75 Å². The Balaban J connectivity index is 1.23. The standard InChI is InChI=1S/C34H22Cl3NO5/c1-18(29(39)19-13-15-21(35)16-14-19)43-32(42)20-7-6-8-22(17-20)38-30(40)27-28(31(38)41)34(37)24-10-3-2-9-23(24)33(27,36)25-11-4-5-12-26(25)34/h2-18,27-28H,1H3/t18-,27-,28+,33?,34?/m1/s1. The Kier molecular flexibility index (Phi) is 6.33. The fraction of sp³-hybridized carbons (Fsp3) is 0.176. The number of nitrogens with zero attached hydrogens (tertiary/aromatic N) is 1. The van der Waals surface area contributed by atoms with Gasteiger partial charge in [0.05, 0.1) is 23.1 Å². The van der Waals surface area contributed by atoms with E-state index in [1.807, 2.05) is 48.5 Å². The van der Waals surface area contributed by atoms with Crippen LogP contribution in [0.3, 0.4) is 0 Å². The normalized spacial score (nSPS) is 25.5. The Hall–Kier alpha value is -3.97. The van der Waals surface area contributed by atoms with Gasteiger partial charge in [-0.2, -0.15) is 0 Å². The molecule has 3 aliphatic carbocycles. The lowest BCUT2D eigenvalue weighted by atomic mass is 9.54. The maximum absolute atomic E-state index is 14.2. The van der Waals surface area contributed by atoms with Gasteiger partial charge in [0, 0.05) is 10.6 Å². The smallest absolute Gasteiger partial charge is 0.338 e. The van der Waals surface area contributed by atoms with Crippen molar-refractivity contribution >= 4 is 64.1 Å². The second kappa shape index (κ2) is 9.78. The number of rotatable bonds is 5. The van der Waals surface area contributed by atoms with Gasteiger partial charge in [-0.3, -0.25) is 14.4 Å². The third-order valence-electron chi connectivity index (χ3n) is 8.71. The summed E-state index contributed by atoms with van der Waals surface area (Å²) in [5.74, 6) is -4.14. The molecule has 2 bridgehead atoms. The van der Waals surface area contributed by atoms with Crippen molar-refractivity contribution in [3.05, 3.63) is 135 Å². The molecule has 1 fully saturated rings. The van der Waals surface area contributed by atoms with Crippen LogP contribution >= 0.6 is 34.8 Å². The number of amides is 2. The molecule has 3 atom stereocenters. The van der Waals surface area contributed by atoms with Crippen molar-refractivity contribution in [3.8, 4) is 0 Å². The molecule has 214 valence electrons. The molecule has 0 radical (unpaired) electrons. The van der Waals surface area contributed by atoms with Crippen LogP contribution in [-0.4, -0.2) is 29.7 Å². The lowest BCUT2D eigenvalue weighted by Gasteiger charge is -2.54. The number of benzene rings is 4. The molecular formula is C34H22Cl3NO5. The van der Waals surface area contributed by atoms with Crippen LogP contribution in [0, 0.1) is 11.8 Å². The monoisotopic (exact) mass is 629 g/mol. The third-order valence-corrected chi connectivity index (χ3v) is 10.2. The number of ketones is 1. The second-order valence-corrected chi connectivity index (χ2v) is 12.6. The van der Waals surface area contributed by atoms with Gasteiger partial charge in [-0.25, -0.2) is 9.69 Å². The Morgan fingerprint density at radius 2 is 1.21 bits per heavy atom. The van der Waals surface area contributed by atoms with Gasteiger partial charge in [0.2, 0.25) is 17.6 Å². The van der Waals surface area contributed by atoms with Crippen LogP contribution in [0.5, 0.6) is 0 Å². The number of imide groups is 1. The number of ether oxygens (including phenoxy) is 1. The van der Waals surface area contributed by atoms with Crippen LogP contribution in [0.1, 0.15) is 49.9 Å². The molecule has 0 N–H and O–H groups in total. The number of hydrogen-bond acceptors (Lipinski definition) is 5. The highest BCUT2D eigenvalue weighted by Crippen LogP contribution is 2.69. The summed E-state index contributed by atoms with van der Waals surface area (Å²) in [6.07, 6.45) is -1.09. The van der Waals surface area contributed by atoms with E-state index in [1.54, 1.807) is 36.4 Å². The predicted octanol–water partition coefficient (Wildman–Crippen LogP) is 6.87. The average molecular weight is 631 g/mol. The molecule has 0 saturated carbocycles. The summed E-state index contributed by atoms with van der Waals surface area (Å²) in [7, 11) is 0. The van der Waals surface area contributed by atoms with E-state index in [-0.39, 0.29) is 11.3 Å². The molecule has 1 aliphatic heterocycles. The first kappa shape index (κ1) is 27.8. The molecule has 9 heteroatoms. The largest absolute Gasteiger partial charge is 0.451 e. The molecule has 0 spiro atoms. The lowest BCUT2D eigenvalue weighted by Crippen LogP contribution is -2.57. The number of Topliss-reactive ketones (excluding diaryl/α,β-unsaturated/α-hetero) is 1. The van der Waals surface area contributed by atoms with E-state index in [9.17, 15) is 19.2 Å². The van der Waals surface area contributed by atoms with E-state index < -0.39 is 51.3 Å². The van der Waals surface area contributed by atoms with Crippen LogP contribution in [0.2, 0.25) is 5.02 Å². The van der Waals surface area contributed by atoms with Crippen LogP contribution < -0.4 is 4.90 Å². The van der Waals surface area contributed by atoms with E-state index in [0.29, 0.717) is 32.8 Å². The number of carbonyl (C=O) groups excluding carboxylic acids is 4. The molecule has 43 heavy (non-hydrogen) atoms. The Bertz CT molecular complexity index is 1750. The molecule has 0 unspecified atom stereocenters. The van der Waals surface area contributed by atoms with Gasteiger partial charge in [-0.05, 0) is 71.6 Å². The molecule has 4 aromatic rings. The number of carbonyl (C=O) groups is 4. The quantitative estimate of drug-likeness (QED) is 0.104. The van der Waals surface area contributed by atoms with Crippen molar-refractivity contribution in [2.24, 2.45) is 11.8 Å². The van der Waals surface area contributed by atoms with Crippen LogP contribution in [-0.2, 0) is 24.1 Å².